The molecule has 60 valence electrons. The Morgan fingerprint density at radius 3 is 2.91 bits per heavy atom. The zero-order valence-electron chi connectivity index (χ0n) is 7.15. The largest absolute Gasteiger partial charge is 0.282 e. The Balaban J connectivity index is 2.42. The van der Waals surface area contributed by atoms with E-state index in [1.165, 1.54) is 36.2 Å². The van der Waals surface area contributed by atoms with E-state index >= 15 is 0 Å². The summed E-state index contributed by atoms with van der Waals surface area (Å²) >= 11 is 0. The lowest BCUT2D eigenvalue weighted by Crippen LogP contribution is -1.92. The van der Waals surface area contributed by atoms with E-state index in [1.807, 2.05) is 0 Å². The predicted molar refractivity (Wildman–Crippen MR) is 44.7 cm³/mol. The highest BCUT2D eigenvalue weighted by molar-refractivity contribution is 5.31. The summed E-state index contributed by atoms with van der Waals surface area (Å²) in [5, 5.41) is 7.42. The first-order valence-electron chi connectivity index (χ1n) is 4.35. The molecule has 11 heavy (non-hydrogen) atoms. The van der Waals surface area contributed by atoms with Crippen LogP contribution in [0.25, 0.3) is 0 Å². The highest BCUT2D eigenvalue weighted by Crippen LogP contribution is 2.26. The minimum absolute atomic E-state index is 0.601. The maximum Gasteiger partial charge on any atom is 0.0657 e. The van der Waals surface area contributed by atoms with Crippen LogP contribution in [0.4, 0.5) is 0 Å². The summed E-state index contributed by atoms with van der Waals surface area (Å²) in [4.78, 5) is 0. The molecule has 0 saturated carbocycles. The lowest BCUT2D eigenvalue weighted by Gasteiger charge is -2.02. The average molecular weight is 150 g/mol. The Kier molecular flexibility index (Phi) is 1.48. The zero-order chi connectivity index (χ0) is 7.84. The fraction of sp³-hybridized carbons (Fsp3) is 0.667. The molecule has 0 amide bonds. The first-order chi connectivity index (χ1) is 5.29. The van der Waals surface area contributed by atoms with Crippen LogP contribution in [0.2, 0.25) is 0 Å². The van der Waals surface area contributed by atoms with Gasteiger partial charge in [0.05, 0.1) is 5.69 Å². The molecule has 1 N–H and O–H groups in total. The Bertz CT molecular complexity index is 261. The Morgan fingerprint density at radius 1 is 1.36 bits per heavy atom. The number of hydrogen-bond donors (Lipinski definition) is 1. The van der Waals surface area contributed by atoms with E-state index in [0.29, 0.717) is 5.92 Å². The Morgan fingerprint density at radius 2 is 2.18 bits per heavy atom. The molecule has 1 aliphatic rings. The van der Waals surface area contributed by atoms with Gasteiger partial charge in [0.2, 0.25) is 0 Å². The average Bonchev–Trinajstić information content (AvgIpc) is 2.41. The number of nitrogens with one attached hydrogen (secondary N) is 1. The fourth-order valence-corrected chi connectivity index (χ4v) is 1.81. The molecule has 1 aromatic rings. The third-order valence-corrected chi connectivity index (χ3v) is 2.40. The van der Waals surface area contributed by atoms with Crippen molar-refractivity contribution in [2.45, 2.75) is 39.0 Å². The molecule has 2 nitrogen and oxygen atoms in total. The quantitative estimate of drug-likeness (QED) is 0.652. The summed E-state index contributed by atoms with van der Waals surface area (Å²) in [6, 6.07) is 0. The number of aryl methyl sites for hydroxylation is 1. The van der Waals surface area contributed by atoms with Gasteiger partial charge in [-0.1, -0.05) is 13.8 Å². The van der Waals surface area contributed by atoms with Crippen LogP contribution in [0.3, 0.4) is 0 Å². The molecule has 0 radical (unpaired) electrons. The number of aromatic nitrogens is 2. The highest BCUT2D eigenvalue weighted by atomic mass is 15.1. The lowest BCUT2D eigenvalue weighted by atomic mass is 10.1. The molecular weight excluding hydrogens is 136 g/mol. The van der Waals surface area contributed by atoms with Gasteiger partial charge in [0.1, 0.15) is 0 Å². The van der Waals surface area contributed by atoms with E-state index in [1.54, 1.807) is 0 Å². The summed E-state index contributed by atoms with van der Waals surface area (Å²) in [7, 11) is 0. The van der Waals surface area contributed by atoms with Gasteiger partial charge in [-0.2, -0.15) is 5.10 Å². The predicted octanol–water partition coefficient (Wildman–Crippen LogP) is 2.02. The number of hydrogen-bond acceptors (Lipinski definition) is 1. The molecule has 0 saturated heterocycles. The van der Waals surface area contributed by atoms with Crippen molar-refractivity contribution in [2.75, 3.05) is 0 Å². The van der Waals surface area contributed by atoms with E-state index < -0.39 is 0 Å². The number of nitrogens with zero attached hydrogens (tertiary/aromatic N) is 1. The van der Waals surface area contributed by atoms with Gasteiger partial charge in [0.25, 0.3) is 0 Å². The fourth-order valence-electron chi connectivity index (χ4n) is 1.81. The van der Waals surface area contributed by atoms with Crippen LogP contribution in [-0.2, 0) is 12.8 Å². The summed E-state index contributed by atoms with van der Waals surface area (Å²) < 4.78 is 0. The van der Waals surface area contributed by atoms with Crippen molar-refractivity contribution in [1.82, 2.24) is 10.2 Å². The Labute approximate surface area is 67.0 Å². The van der Waals surface area contributed by atoms with Crippen molar-refractivity contribution >= 4 is 0 Å². The second-order valence-corrected chi connectivity index (χ2v) is 3.57. The van der Waals surface area contributed by atoms with Gasteiger partial charge in [0.15, 0.2) is 0 Å². The van der Waals surface area contributed by atoms with Crippen LogP contribution < -0.4 is 0 Å². The highest BCUT2D eigenvalue weighted by Gasteiger charge is 2.19. The van der Waals surface area contributed by atoms with E-state index in [2.05, 4.69) is 24.0 Å². The van der Waals surface area contributed by atoms with Gasteiger partial charge < -0.3 is 0 Å². The van der Waals surface area contributed by atoms with Crippen LogP contribution in [0.5, 0.6) is 0 Å². The van der Waals surface area contributed by atoms with E-state index in [9.17, 15) is 0 Å². The SMILES string of the molecule is CC(C)c1[nH]nc2c1CCC2. The molecule has 0 aliphatic heterocycles. The molecule has 0 bridgehead atoms. The summed E-state index contributed by atoms with van der Waals surface area (Å²) in [6.07, 6.45) is 3.71. The molecule has 0 atom stereocenters. The van der Waals surface area contributed by atoms with Crippen molar-refractivity contribution in [2.24, 2.45) is 0 Å². The number of H-pyrrole nitrogens is 1. The Hall–Kier alpha value is -0.790. The maximum atomic E-state index is 4.29. The van der Waals surface area contributed by atoms with Crippen LogP contribution in [-0.4, -0.2) is 10.2 Å². The standard InChI is InChI=1S/C9H14N2/c1-6(2)9-7-4-3-5-8(7)10-11-9/h6H,3-5H2,1-2H3,(H,10,11). The van der Waals surface area contributed by atoms with E-state index in [-0.39, 0.29) is 0 Å². The zero-order valence-corrected chi connectivity index (χ0v) is 7.15. The van der Waals surface area contributed by atoms with Gasteiger partial charge >= 0.3 is 0 Å². The van der Waals surface area contributed by atoms with Crippen LogP contribution in [0.1, 0.15) is 43.1 Å². The van der Waals surface area contributed by atoms with Gasteiger partial charge in [-0.15, -0.1) is 0 Å². The van der Waals surface area contributed by atoms with Gasteiger partial charge in [-0.25, -0.2) is 0 Å². The van der Waals surface area contributed by atoms with Gasteiger partial charge in [-0.05, 0) is 30.7 Å². The normalized spacial score (nSPS) is 15.9. The van der Waals surface area contributed by atoms with E-state index in [0.717, 1.165) is 0 Å². The maximum absolute atomic E-state index is 4.29. The van der Waals surface area contributed by atoms with Crippen molar-refractivity contribution in [3.05, 3.63) is 17.0 Å². The third-order valence-electron chi connectivity index (χ3n) is 2.40. The number of rotatable bonds is 1. The molecule has 0 aromatic carbocycles. The smallest absolute Gasteiger partial charge is 0.0657 e. The minimum Gasteiger partial charge on any atom is -0.282 e. The molecule has 2 rings (SSSR count). The van der Waals surface area contributed by atoms with Crippen molar-refractivity contribution in [3.63, 3.8) is 0 Å². The van der Waals surface area contributed by atoms with Gasteiger partial charge in [-0.3, -0.25) is 5.10 Å². The van der Waals surface area contributed by atoms with Crippen molar-refractivity contribution in [3.8, 4) is 0 Å². The molecule has 0 fully saturated rings. The second-order valence-electron chi connectivity index (χ2n) is 3.57. The van der Waals surface area contributed by atoms with E-state index in [4.69, 9.17) is 0 Å². The molecule has 2 heteroatoms. The summed E-state index contributed by atoms with van der Waals surface area (Å²) in [5.41, 5.74) is 4.17. The number of fused-ring (bicyclic) bond motifs is 1. The first-order valence-corrected chi connectivity index (χ1v) is 4.35. The first kappa shape index (κ1) is 6.89. The van der Waals surface area contributed by atoms with Crippen LogP contribution in [0, 0.1) is 0 Å². The van der Waals surface area contributed by atoms with Crippen LogP contribution in [0.15, 0.2) is 0 Å². The van der Waals surface area contributed by atoms with Crippen molar-refractivity contribution < 1.29 is 0 Å². The molecule has 1 aliphatic carbocycles. The van der Waals surface area contributed by atoms with Gasteiger partial charge in [0, 0.05) is 5.69 Å². The third kappa shape index (κ3) is 0.971. The number of aromatic amines is 1. The minimum atomic E-state index is 0.601. The molecular formula is C9H14N2. The topological polar surface area (TPSA) is 28.7 Å². The van der Waals surface area contributed by atoms with Crippen LogP contribution >= 0.6 is 0 Å². The summed E-state index contributed by atoms with van der Waals surface area (Å²) in [5.74, 6) is 0.601. The summed E-state index contributed by atoms with van der Waals surface area (Å²) in [6.45, 7) is 4.43. The molecule has 0 unspecified atom stereocenters. The molecule has 1 aromatic heterocycles. The monoisotopic (exact) mass is 150 g/mol. The van der Waals surface area contributed by atoms with Crippen molar-refractivity contribution in [1.29, 1.82) is 0 Å². The lowest BCUT2D eigenvalue weighted by molar-refractivity contribution is 0.772. The second kappa shape index (κ2) is 2.36. The molecule has 0 spiro atoms. The molecule has 1 heterocycles.